The minimum Gasteiger partial charge on any atom is -0.469 e. The van der Waals surface area contributed by atoms with Crippen molar-refractivity contribution < 1.29 is 23.5 Å². The Bertz CT molecular complexity index is 800. The smallest absolute Gasteiger partial charge is 0.306 e. The van der Waals surface area contributed by atoms with Gasteiger partial charge in [0.05, 0.1) is 24.1 Å². The zero-order valence-electron chi connectivity index (χ0n) is 14.4. The molecule has 0 aliphatic carbocycles. The quantitative estimate of drug-likeness (QED) is 0.832. The van der Waals surface area contributed by atoms with Gasteiger partial charge < -0.3 is 19.4 Å². The maximum Gasteiger partial charge on any atom is 0.306 e. The van der Waals surface area contributed by atoms with Gasteiger partial charge in [0, 0.05) is 18.9 Å². The minimum absolute atomic E-state index is 0.132. The number of ether oxygens (including phenoxy) is 1. The summed E-state index contributed by atoms with van der Waals surface area (Å²) < 4.78 is 10.3. The number of rotatable bonds is 5. The molecule has 2 aromatic rings. The molecule has 2 amide bonds. The number of esters is 1. The largest absolute Gasteiger partial charge is 0.469 e. The predicted molar refractivity (Wildman–Crippen MR) is 94.6 cm³/mol. The molecule has 0 radical (unpaired) electrons. The van der Waals surface area contributed by atoms with Crippen LogP contribution in [0.3, 0.4) is 0 Å². The number of nitrogens with zero attached hydrogens (tertiary/aromatic N) is 1. The molecule has 0 saturated heterocycles. The topological polar surface area (TPSA) is 88.9 Å². The highest BCUT2D eigenvalue weighted by Gasteiger charge is 2.29. The maximum absolute atomic E-state index is 12.7. The molecule has 0 saturated carbocycles. The highest BCUT2D eigenvalue weighted by molar-refractivity contribution is 6.05. The van der Waals surface area contributed by atoms with Crippen LogP contribution in [0.2, 0.25) is 0 Å². The Morgan fingerprint density at radius 3 is 2.85 bits per heavy atom. The Balaban J connectivity index is 1.63. The zero-order chi connectivity index (χ0) is 18.5. The Hall–Kier alpha value is -3.09. The molecule has 3 rings (SSSR count). The molecule has 0 bridgehead atoms. The Morgan fingerprint density at radius 2 is 2.08 bits per heavy atom. The molecule has 2 heterocycles. The van der Waals surface area contributed by atoms with Gasteiger partial charge in [-0.2, -0.15) is 0 Å². The van der Waals surface area contributed by atoms with E-state index in [1.807, 2.05) is 0 Å². The molecule has 1 aliphatic rings. The summed E-state index contributed by atoms with van der Waals surface area (Å²) in [5, 5.41) is 2.79. The number of carbonyl (C=O) groups is 3. The Kier molecular flexibility index (Phi) is 5.36. The highest BCUT2D eigenvalue weighted by Crippen LogP contribution is 2.31. The average molecular weight is 356 g/mol. The van der Waals surface area contributed by atoms with E-state index in [9.17, 15) is 14.4 Å². The summed E-state index contributed by atoms with van der Waals surface area (Å²) in [5.74, 6) is -0.309. The van der Waals surface area contributed by atoms with Gasteiger partial charge in [-0.3, -0.25) is 14.4 Å². The van der Waals surface area contributed by atoms with E-state index >= 15 is 0 Å². The van der Waals surface area contributed by atoms with Crippen molar-refractivity contribution in [2.45, 2.75) is 32.2 Å². The number of hydrogen-bond donors (Lipinski definition) is 1. The van der Waals surface area contributed by atoms with Crippen molar-refractivity contribution in [1.29, 1.82) is 0 Å². The van der Waals surface area contributed by atoms with Crippen LogP contribution in [0.4, 0.5) is 11.4 Å². The van der Waals surface area contributed by atoms with Crippen LogP contribution in [-0.2, 0) is 25.5 Å². The van der Waals surface area contributed by atoms with E-state index in [2.05, 4.69) is 5.32 Å². The van der Waals surface area contributed by atoms with Crippen molar-refractivity contribution >= 4 is 29.2 Å². The number of amides is 2. The molecule has 1 aromatic heterocycles. The van der Waals surface area contributed by atoms with Crippen LogP contribution in [0.5, 0.6) is 0 Å². The van der Waals surface area contributed by atoms with Gasteiger partial charge in [0.2, 0.25) is 5.91 Å². The molecule has 7 heteroatoms. The van der Waals surface area contributed by atoms with Gasteiger partial charge >= 0.3 is 5.97 Å². The molecular formula is C19H20N2O5. The number of fused-ring (bicyclic) bond motifs is 1. The molecule has 1 atom stereocenters. The van der Waals surface area contributed by atoms with E-state index in [1.165, 1.54) is 11.2 Å². The molecule has 26 heavy (non-hydrogen) atoms. The number of hydrogen-bond acceptors (Lipinski definition) is 5. The van der Waals surface area contributed by atoms with Crippen LogP contribution in [0.15, 0.2) is 47.1 Å². The summed E-state index contributed by atoms with van der Waals surface area (Å²) in [4.78, 5) is 38.0. The first kappa shape index (κ1) is 17.7. The lowest BCUT2D eigenvalue weighted by Crippen LogP contribution is -2.41. The Morgan fingerprint density at radius 1 is 1.27 bits per heavy atom. The normalized spacial score (nSPS) is 16.4. The molecule has 1 aliphatic heterocycles. The molecule has 136 valence electrons. The fraction of sp³-hybridized carbons (Fsp3) is 0.316. The van der Waals surface area contributed by atoms with Crippen molar-refractivity contribution in [3.63, 3.8) is 0 Å². The van der Waals surface area contributed by atoms with E-state index in [1.54, 1.807) is 43.3 Å². The van der Waals surface area contributed by atoms with Crippen molar-refractivity contribution in [2.24, 2.45) is 0 Å². The second-order valence-electron chi connectivity index (χ2n) is 6.12. The monoisotopic (exact) mass is 356 g/mol. The van der Waals surface area contributed by atoms with E-state index in [-0.39, 0.29) is 37.3 Å². The number of carbonyl (C=O) groups excluding carboxylic acids is 3. The number of anilines is 2. The summed E-state index contributed by atoms with van der Waals surface area (Å²) >= 11 is 0. The van der Waals surface area contributed by atoms with Gasteiger partial charge in [-0.05, 0) is 31.2 Å². The minimum atomic E-state index is -0.472. The predicted octanol–water partition coefficient (Wildman–Crippen LogP) is 2.52. The fourth-order valence-corrected chi connectivity index (χ4v) is 2.93. The molecule has 1 aromatic carbocycles. The molecule has 1 unspecified atom stereocenters. The summed E-state index contributed by atoms with van der Waals surface area (Å²) in [6.45, 7) is 1.42. The van der Waals surface area contributed by atoms with Gasteiger partial charge in [0.25, 0.3) is 5.91 Å². The maximum atomic E-state index is 12.7. The molecule has 7 nitrogen and oxygen atoms in total. The van der Waals surface area contributed by atoms with Crippen LogP contribution in [0.25, 0.3) is 0 Å². The third-order valence-electron chi connectivity index (χ3n) is 4.14. The van der Waals surface area contributed by atoms with E-state index in [0.29, 0.717) is 23.6 Å². The Labute approximate surface area is 150 Å². The van der Waals surface area contributed by atoms with Crippen LogP contribution in [0, 0.1) is 0 Å². The van der Waals surface area contributed by atoms with Gasteiger partial charge in [0.15, 0.2) is 6.61 Å². The first-order chi connectivity index (χ1) is 12.5. The van der Waals surface area contributed by atoms with Gasteiger partial charge in [0.1, 0.15) is 5.76 Å². The van der Waals surface area contributed by atoms with Crippen LogP contribution in [-0.4, -0.2) is 30.4 Å². The number of furan rings is 1. The van der Waals surface area contributed by atoms with Crippen LogP contribution >= 0.6 is 0 Å². The van der Waals surface area contributed by atoms with Gasteiger partial charge in [-0.15, -0.1) is 0 Å². The lowest BCUT2D eigenvalue weighted by molar-refractivity contribution is -0.148. The summed E-state index contributed by atoms with van der Waals surface area (Å²) in [6.07, 6.45) is 2.26. The fourth-order valence-electron chi connectivity index (χ4n) is 2.93. The number of benzene rings is 1. The third kappa shape index (κ3) is 4.11. The van der Waals surface area contributed by atoms with E-state index in [4.69, 9.17) is 9.15 Å². The molecule has 0 spiro atoms. The highest BCUT2D eigenvalue weighted by atomic mass is 16.5. The van der Waals surface area contributed by atoms with Crippen LogP contribution in [0.1, 0.15) is 25.5 Å². The summed E-state index contributed by atoms with van der Waals surface area (Å²) in [7, 11) is 0. The SMILES string of the molecule is CC1CC(=O)Nc2ccccc2N1C(=O)COC(=O)CCc1ccco1. The average Bonchev–Trinajstić information content (AvgIpc) is 3.09. The van der Waals surface area contributed by atoms with Crippen molar-refractivity contribution in [1.82, 2.24) is 0 Å². The van der Waals surface area contributed by atoms with Crippen molar-refractivity contribution in [3.05, 3.63) is 48.4 Å². The number of aryl methyl sites for hydroxylation is 1. The van der Waals surface area contributed by atoms with Gasteiger partial charge in [-0.25, -0.2) is 0 Å². The standard InChI is InChI=1S/C19H20N2O5/c1-13-11-17(22)20-15-6-2-3-7-16(15)21(13)18(23)12-26-19(24)9-8-14-5-4-10-25-14/h2-7,10,13H,8-9,11-12H2,1H3,(H,20,22). The lowest BCUT2D eigenvalue weighted by atomic mass is 10.1. The first-order valence-corrected chi connectivity index (χ1v) is 8.43. The second kappa shape index (κ2) is 7.86. The van der Waals surface area contributed by atoms with E-state index in [0.717, 1.165) is 0 Å². The van der Waals surface area contributed by atoms with E-state index < -0.39 is 5.97 Å². The number of nitrogens with one attached hydrogen (secondary N) is 1. The second-order valence-corrected chi connectivity index (χ2v) is 6.12. The van der Waals surface area contributed by atoms with Crippen molar-refractivity contribution in [2.75, 3.05) is 16.8 Å². The number of para-hydroxylation sites is 2. The van der Waals surface area contributed by atoms with Crippen LogP contribution < -0.4 is 10.2 Å². The molecule has 1 N–H and O–H groups in total. The lowest BCUT2D eigenvalue weighted by Gasteiger charge is -2.27. The first-order valence-electron chi connectivity index (χ1n) is 8.43. The summed E-state index contributed by atoms with van der Waals surface area (Å²) in [6, 6.07) is 10.3. The van der Waals surface area contributed by atoms with Gasteiger partial charge in [-0.1, -0.05) is 12.1 Å². The van der Waals surface area contributed by atoms with Crippen molar-refractivity contribution in [3.8, 4) is 0 Å². The molecule has 0 fully saturated rings. The molecular weight excluding hydrogens is 336 g/mol. The summed E-state index contributed by atoms with van der Waals surface area (Å²) in [5.41, 5.74) is 1.17. The third-order valence-corrected chi connectivity index (χ3v) is 4.14. The zero-order valence-corrected chi connectivity index (χ0v) is 14.4.